The number of halogens is 1. The van der Waals surface area contributed by atoms with Crippen molar-refractivity contribution in [3.8, 4) is 0 Å². The molecule has 1 aromatic rings. The van der Waals surface area contributed by atoms with Crippen molar-refractivity contribution in [2.24, 2.45) is 5.73 Å². The summed E-state index contributed by atoms with van der Waals surface area (Å²) >= 11 is 0. The second-order valence-electron chi connectivity index (χ2n) is 2.70. The zero-order chi connectivity index (χ0) is 10.6. The highest BCUT2D eigenvalue weighted by Gasteiger charge is 2.06. The molecule has 0 fully saturated rings. The van der Waals surface area contributed by atoms with Crippen molar-refractivity contribution in [3.05, 3.63) is 41.2 Å². The Kier molecular flexibility index (Phi) is 3.36. The Morgan fingerprint density at radius 2 is 2.14 bits per heavy atom. The van der Waals surface area contributed by atoms with Gasteiger partial charge < -0.3 is 10.8 Å². The van der Waals surface area contributed by atoms with Gasteiger partial charge in [0, 0.05) is 12.1 Å². The van der Waals surface area contributed by atoms with Crippen LogP contribution in [0.5, 0.6) is 0 Å². The number of rotatable bonds is 3. The second kappa shape index (κ2) is 4.53. The highest BCUT2D eigenvalue weighted by atomic mass is 19.1. The lowest BCUT2D eigenvalue weighted by Crippen LogP contribution is -2.11. The predicted octanol–water partition coefficient (Wildman–Crippen LogP) is 1.25. The molecule has 0 saturated heterocycles. The molecule has 0 aliphatic heterocycles. The Hall–Kier alpha value is -1.68. The summed E-state index contributed by atoms with van der Waals surface area (Å²) < 4.78 is 13.1. The third-order valence-corrected chi connectivity index (χ3v) is 1.73. The third-order valence-electron chi connectivity index (χ3n) is 1.73. The summed E-state index contributed by atoms with van der Waals surface area (Å²) in [6.45, 7) is -0.121. The fourth-order valence-corrected chi connectivity index (χ4v) is 0.988. The minimum atomic E-state index is -1.13. The maximum absolute atomic E-state index is 13.1. The number of aliphatic carboxylic acids is 1. The molecule has 0 atom stereocenters. The van der Waals surface area contributed by atoms with Gasteiger partial charge in [0.15, 0.2) is 0 Å². The van der Waals surface area contributed by atoms with Crippen LogP contribution in [0.1, 0.15) is 5.56 Å². The molecule has 0 amide bonds. The van der Waals surface area contributed by atoms with Gasteiger partial charge in [0.25, 0.3) is 0 Å². The van der Waals surface area contributed by atoms with Gasteiger partial charge in [-0.3, -0.25) is 0 Å². The van der Waals surface area contributed by atoms with Crippen LogP contribution in [0.2, 0.25) is 0 Å². The van der Waals surface area contributed by atoms with Crippen molar-refractivity contribution in [2.45, 2.75) is 0 Å². The third kappa shape index (κ3) is 2.40. The van der Waals surface area contributed by atoms with E-state index in [2.05, 4.69) is 0 Å². The van der Waals surface area contributed by atoms with Crippen molar-refractivity contribution in [2.75, 3.05) is 6.54 Å². The van der Waals surface area contributed by atoms with E-state index >= 15 is 0 Å². The van der Waals surface area contributed by atoms with Crippen LogP contribution in [-0.4, -0.2) is 17.6 Å². The molecule has 0 aliphatic carbocycles. The van der Waals surface area contributed by atoms with E-state index in [-0.39, 0.29) is 17.7 Å². The van der Waals surface area contributed by atoms with E-state index in [0.29, 0.717) is 0 Å². The van der Waals surface area contributed by atoms with Crippen LogP contribution >= 0.6 is 0 Å². The Morgan fingerprint density at radius 3 is 2.64 bits per heavy atom. The Morgan fingerprint density at radius 1 is 1.50 bits per heavy atom. The average molecular weight is 195 g/mol. The van der Waals surface area contributed by atoms with Gasteiger partial charge in [-0.15, -0.1) is 0 Å². The molecule has 0 spiro atoms. The zero-order valence-electron chi connectivity index (χ0n) is 7.40. The first kappa shape index (κ1) is 10.4. The number of hydrogen-bond acceptors (Lipinski definition) is 2. The van der Waals surface area contributed by atoms with Crippen LogP contribution < -0.4 is 5.73 Å². The van der Waals surface area contributed by atoms with Crippen LogP contribution in [0.3, 0.4) is 0 Å². The van der Waals surface area contributed by atoms with E-state index in [1.54, 1.807) is 6.07 Å². The molecule has 1 rings (SSSR count). The first-order chi connectivity index (χ1) is 6.65. The molecule has 74 valence electrons. The van der Waals surface area contributed by atoms with Gasteiger partial charge in [0.05, 0.1) is 5.57 Å². The summed E-state index contributed by atoms with van der Waals surface area (Å²) in [6.07, 6.45) is 1.23. The van der Waals surface area contributed by atoms with E-state index in [9.17, 15) is 9.18 Å². The lowest BCUT2D eigenvalue weighted by atomic mass is 10.1. The van der Waals surface area contributed by atoms with E-state index in [0.717, 1.165) is 0 Å². The fraction of sp³-hybridized carbons (Fsp3) is 0.100. The van der Waals surface area contributed by atoms with Crippen molar-refractivity contribution >= 4 is 12.0 Å². The van der Waals surface area contributed by atoms with Gasteiger partial charge >= 0.3 is 5.97 Å². The highest BCUT2D eigenvalue weighted by molar-refractivity contribution is 5.92. The molecule has 4 heteroatoms. The zero-order valence-corrected chi connectivity index (χ0v) is 7.40. The molecule has 0 bridgehead atoms. The fourth-order valence-electron chi connectivity index (χ4n) is 0.988. The molecule has 0 radical (unpaired) electrons. The minimum absolute atomic E-state index is 0.0184. The lowest BCUT2D eigenvalue weighted by molar-refractivity contribution is -0.132. The van der Waals surface area contributed by atoms with Gasteiger partial charge in [-0.05, 0) is 12.1 Å². The van der Waals surface area contributed by atoms with Gasteiger partial charge in [0.2, 0.25) is 0 Å². The number of nitrogens with two attached hydrogens (primary N) is 1. The van der Waals surface area contributed by atoms with Crippen molar-refractivity contribution in [1.82, 2.24) is 0 Å². The predicted molar refractivity (Wildman–Crippen MR) is 51.1 cm³/mol. The van der Waals surface area contributed by atoms with Gasteiger partial charge in [-0.25, -0.2) is 9.18 Å². The SMILES string of the molecule is NC/C(=C\c1ccccc1F)C(=O)O. The number of benzene rings is 1. The highest BCUT2D eigenvalue weighted by Crippen LogP contribution is 2.10. The van der Waals surface area contributed by atoms with Crippen molar-refractivity contribution in [3.63, 3.8) is 0 Å². The van der Waals surface area contributed by atoms with Crippen molar-refractivity contribution in [1.29, 1.82) is 0 Å². The van der Waals surface area contributed by atoms with Crippen LogP contribution in [-0.2, 0) is 4.79 Å². The molecule has 3 nitrogen and oxygen atoms in total. The molecule has 0 heterocycles. The van der Waals surface area contributed by atoms with Crippen LogP contribution in [0, 0.1) is 5.82 Å². The summed E-state index contributed by atoms with van der Waals surface area (Å²) in [5, 5.41) is 8.65. The van der Waals surface area contributed by atoms with Crippen LogP contribution in [0.25, 0.3) is 6.08 Å². The quantitative estimate of drug-likeness (QED) is 0.713. The van der Waals surface area contributed by atoms with Gasteiger partial charge in [0.1, 0.15) is 5.82 Å². The van der Waals surface area contributed by atoms with E-state index in [1.165, 1.54) is 24.3 Å². The summed E-state index contributed by atoms with van der Waals surface area (Å²) in [4.78, 5) is 10.6. The monoisotopic (exact) mass is 195 g/mol. The first-order valence-corrected chi connectivity index (χ1v) is 4.03. The number of carbonyl (C=O) groups is 1. The van der Waals surface area contributed by atoms with Crippen LogP contribution in [0.15, 0.2) is 29.8 Å². The Bertz CT molecular complexity index is 374. The molecule has 0 aliphatic rings. The molecule has 1 aromatic carbocycles. The standard InChI is InChI=1S/C10H10FNO2/c11-9-4-2-1-3-7(9)5-8(6-12)10(13)14/h1-5H,6,12H2,(H,13,14)/b8-5+. The molecular weight excluding hydrogens is 185 g/mol. The molecule has 0 unspecified atom stereocenters. The summed E-state index contributed by atoms with van der Waals surface area (Å²) in [6, 6.07) is 5.93. The topological polar surface area (TPSA) is 63.3 Å². The first-order valence-electron chi connectivity index (χ1n) is 4.03. The number of hydrogen-bond donors (Lipinski definition) is 2. The van der Waals surface area contributed by atoms with Gasteiger partial charge in [-0.2, -0.15) is 0 Å². The number of carboxylic acids is 1. The molecule has 14 heavy (non-hydrogen) atoms. The Labute approximate surface area is 80.7 Å². The van der Waals surface area contributed by atoms with E-state index in [4.69, 9.17) is 10.8 Å². The normalized spacial score (nSPS) is 11.4. The summed E-state index contributed by atoms with van der Waals surface area (Å²) in [5.74, 6) is -1.59. The van der Waals surface area contributed by atoms with Gasteiger partial charge in [-0.1, -0.05) is 18.2 Å². The van der Waals surface area contributed by atoms with Crippen molar-refractivity contribution < 1.29 is 14.3 Å². The van der Waals surface area contributed by atoms with E-state index in [1.807, 2.05) is 0 Å². The van der Waals surface area contributed by atoms with Crippen LogP contribution in [0.4, 0.5) is 4.39 Å². The number of carboxylic acid groups (broad SMARTS) is 1. The van der Waals surface area contributed by atoms with E-state index < -0.39 is 11.8 Å². The summed E-state index contributed by atoms with van der Waals surface area (Å²) in [7, 11) is 0. The largest absolute Gasteiger partial charge is 0.478 e. The second-order valence-corrected chi connectivity index (χ2v) is 2.70. The minimum Gasteiger partial charge on any atom is -0.478 e. The average Bonchev–Trinajstić information content (AvgIpc) is 2.16. The molecule has 0 saturated carbocycles. The maximum atomic E-state index is 13.1. The smallest absolute Gasteiger partial charge is 0.332 e. The molecular formula is C10H10FNO2. The Balaban J connectivity index is 3.07. The lowest BCUT2D eigenvalue weighted by Gasteiger charge is -1.99. The molecule has 3 N–H and O–H groups in total. The maximum Gasteiger partial charge on any atom is 0.332 e. The summed E-state index contributed by atoms with van der Waals surface area (Å²) in [5.41, 5.74) is 5.41. The molecule has 0 aromatic heterocycles.